The van der Waals surface area contributed by atoms with E-state index in [1.54, 1.807) is 0 Å². The van der Waals surface area contributed by atoms with Crippen LogP contribution in [0.3, 0.4) is 0 Å². The van der Waals surface area contributed by atoms with E-state index in [-0.39, 0.29) is 49.0 Å². The van der Waals surface area contributed by atoms with E-state index < -0.39 is 118 Å². The molecule has 20 heteroatoms. The third kappa shape index (κ3) is 14.7. The van der Waals surface area contributed by atoms with Crippen LogP contribution in [0, 0.1) is 17.8 Å². The van der Waals surface area contributed by atoms with Gasteiger partial charge in [-0.2, -0.15) is 0 Å². The number of carboxylic acid groups (broad SMARTS) is 1. The van der Waals surface area contributed by atoms with E-state index in [1.165, 1.54) is 13.8 Å². The summed E-state index contributed by atoms with van der Waals surface area (Å²) in [7, 11) is -1.11. The Bertz CT molecular complexity index is 1420. The third-order valence-electron chi connectivity index (χ3n) is 12.1. The van der Waals surface area contributed by atoms with Gasteiger partial charge in [0.05, 0.1) is 36.9 Å². The van der Waals surface area contributed by atoms with Gasteiger partial charge in [0.15, 0.2) is 18.7 Å². The molecule has 2 aliphatic heterocycles. The van der Waals surface area contributed by atoms with Gasteiger partial charge in [-0.15, -0.1) is 0 Å². The van der Waals surface area contributed by atoms with Crippen molar-refractivity contribution in [2.24, 2.45) is 17.8 Å². The Morgan fingerprint density at radius 2 is 1.54 bits per heavy atom. The Hall–Kier alpha value is -2.13. The number of carboxylic acids is 1. The monoisotopic (exact) mass is 893 g/mol. The quantitative estimate of drug-likeness (QED) is 0.0649. The summed E-state index contributed by atoms with van der Waals surface area (Å²) in [6.45, 7) is 11.7. The van der Waals surface area contributed by atoms with Crippen LogP contribution >= 0.6 is 7.92 Å². The maximum absolute atomic E-state index is 13.8. The highest BCUT2D eigenvalue weighted by Crippen LogP contribution is 2.40. The number of carbonyl (C=O) groups is 4. The Balaban J connectivity index is 1.59. The summed E-state index contributed by atoms with van der Waals surface area (Å²) < 4.78 is 36.9. The van der Waals surface area contributed by atoms with Crippen LogP contribution in [-0.4, -0.2) is 172 Å². The number of rotatable bonds is 19. The smallest absolute Gasteiger partial charge is 0.332 e. The second-order valence-electron chi connectivity index (χ2n) is 18.0. The van der Waals surface area contributed by atoms with Gasteiger partial charge < -0.3 is 75.0 Å². The van der Waals surface area contributed by atoms with Crippen LogP contribution in [0.25, 0.3) is 0 Å². The predicted molar refractivity (Wildman–Crippen MR) is 220 cm³/mol. The lowest BCUT2D eigenvalue weighted by Crippen LogP contribution is -2.67. The average Bonchev–Trinajstić information content (AvgIpc) is 3.21. The summed E-state index contributed by atoms with van der Waals surface area (Å²) >= 11 is 0. The van der Waals surface area contributed by atoms with Crippen LogP contribution in [0.4, 0.5) is 4.79 Å². The van der Waals surface area contributed by atoms with Crippen molar-refractivity contribution < 1.29 is 78.2 Å². The number of carbonyl (C=O) groups excluding carboxylic acids is 3. The molecule has 0 aromatic carbocycles. The normalized spacial score (nSPS) is 36.1. The van der Waals surface area contributed by atoms with E-state index in [2.05, 4.69) is 16.0 Å². The van der Waals surface area contributed by atoms with Gasteiger partial charge in [0.1, 0.15) is 42.7 Å². The lowest BCUT2D eigenvalue weighted by molar-refractivity contribution is -0.338. The molecule has 0 aromatic heterocycles. The molecule has 0 bridgehead atoms. The second-order valence-corrected chi connectivity index (χ2v) is 20.1. The highest BCUT2D eigenvalue weighted by Gasteiger charge is 2.53. The molecule has 19 nitrogen and oxygen atoms in total. The number of hydrogen-bond acceptors (Lipinski definition) is 15. The highest BCUT2D eigenvalue weighted by molar-refractivity contribution is 7.73. The zero-order valence-corrected chi connectivity index (χ0v) is 37.5. The largest absolute Gasteiger partial charge is 0.479 e. The Morgan fingerprint density at radius 3 is 2.15 bits per heavy atom. The van der Waals surface area contributed by atoms with Gasteiger partial charge in [0.25, 0.3) is 0 Å². The lowest BCUT2D eigenvalue weighted by Gasteiger charge is -2.49. The van der Waals surface area contributed by atoms with Gasteiger partial charge in [-0.3, -0.25) is 14.4 Å². The molecule has 2 aliphatic carbocycles. The molecule has 9 N–H and O–H groups in total. The van der Waals surface area contributed by atoms with Crippen LogP contribution in [0.15, 0.2) is 0 Å². The number of aliphatic hydroxyl groups excluding tert-OH is 5. The topological polar surface area (TPSA) is 281 Å². The fourth-order valence-electron chi connectivity index (χ4n) is 8.56. The molecule has 4 aliphatic rings. The van der Waals surface area contributed by atoms with E-state index in [1.807, 2.05) is 34.4 Å². The standard InChI is InChI=1S/C41H72N3O16P/c1-8-24-17-25(36(51)42-14-15-43-40(54)61(7)20-55-41(4,5)6)18-26(34(24)60-39-33(50)32(49)30(47)21(2)56-39)58-38-29(44-22(3)46)35(31(48)28(19-45)59-38)57-27(37(52)53)16-23-12-10-9-11-13-23/h21,23-35,38-39,45,47-50H,8-20H2,1-7H3,(H,42,51)(H,43,54)(H,44,46)(H,52,53)/t21?,24-,25?,26?,27+,28+,29?,30?,31?,32?,33?,34?,35?,38-,39?,61?/m1/s1. The number of hydrogen-bond donors (Lipinski definition) is 9. The molecular weight excluding hydrogens is 821 g/mol. The van der Waals surface area contributed by atoms with Gasteiger partial charge in [-0.05, 0) is 65.5 Å². The number of aliphatic hydroxyl groups is 5. The summed E-state index contributed by atoms with van der Waals surface area (Å²) in [6, 6.07) is -1.31. The molecular formula is C41H72N3O16P. The van der Waals surface area contributed by atoms with Crippen molar-refractivity contribution in [1.82, 2.24) is 16.0 Å². The zero-order valence-electron chi connectivity index (χ0n) is 36.6. The van der Waals surface area contributed by atoms with Crippen LogP contribution in [0.1, 0.15) is 99.3 Å². The van der Waals surface area contributed by atoms with Crippen LogP contribution in [-0.2, 0) is 42.8 Å². The maximum Gasteiger partial charge on any atom is 0.332 e. The third-order valence-corrected chi connectivity index (χ3v) is 13.4. The minimum absolute atomic E-state index is 0.00272. The van der Waals surface area contributed by atoms with Crippen LogP contribution < -0.4 is 16.0 Å². The van der Waals surface area contributed by atoms with E-state index in [9.17, 15) is 49.8 Å². The maximum atomic E-state index is 13.8. The Morgan fingerprint density at radius 1 is 0.869 bits per heavy atom. The molecule has 2 saturated carbocycles. The lowest BCUT2D eigenvalue weighted by atomic mass is 9.75. The van der Waals surface area contributed by atoms with Gasteiger partial charge >= 0.3 is 5.97 Å². The molecule has 0 aromatic rings. The van der Waals surface area contributed by atoms with Crippen LogP contribution in [0.2, 0.25) is 0 Å². The molecule has 12 unspecified atom stereocenters. The van der Waals surface area contributed by atoms with Gasteiger partial charge in [0, 0.05) is 33.9 Å². The highest BCUT2D eigenvalue weighted by atomic mass is 31.1. The Kier molecular flexibility index (Phi) is 20.0. The van der Waals surface area contributed by atoms with Crippen molar-refractivity contribution in [2.45, 2.75) is 185 Å². The number of ether oxygens (including phenoxy) is 6. The van der Waals surface area contributed by atoms with Crippen molar-refractivity contribution in [2.75, 3.05) is 32.7 Å². The van der Waals surface area contributed by atoms with Crippen molar-refractivity contribution >= 4 is 31.4 Å². The summed E-state index contributed by atoms with van der Waals surface area (Å²) in [5, 5.41) is 72.4. The molecule has 16 atom stereocenters. The van der Waals surface area contributed by atoms with Crippen molar-refractivity contribution in [3.8, 4) is 0 Å². The average molecular weight is 894 g/mol. The number of amides is 3. The van der Waals surface area contributed by atoms with Crippen molar-refractivity contribution in [1.29, 1.82) is 0 Å². The van der Waals surface area contributed by atoms with E-state index >= 15 is 0 Å². The summed E-state index contributed by atoms with van der Waals surface area (Å²) in [5.74, 6) is -3.20. The molecule has 61 heavy (non-hydrogen) atoms. The van der Waals surface area contributed by atoms with Gasteiger partial charge in [-0.25, -0.2) is 4.79 Å². The molecule has 2 heterocycles. The number of aliphatic carboxylic acids is 1. The molecule has 4 rings (SSSR count). The van der Waals surface area contributed by atoms with E-state index in [0.29, 0.717) is 19.2 Å². The minimum atomic E-state index is -1.66. The second kappa shape index (κ2) is 23.7. The fraction of sp³-hybridized carbons (Fsp3) is 0.902. The molecule has 2 saturated heterocycles. The van der Waals surface area contributed by atoms with Crippen molar-refractivity contribution in [3.63, 3.8) is 0 Å². The predicted octanol–water partition coefficient (Wildman–Crippen LogP) is 1.12. The van der Waals surface area contributed by atoms with E-state index in [0.717, 1.165) is 32.1 Å². The van der Waals surface area contributed by atoms with Crippen LogP contribution in [0.5, 0.6) is 0 Å². The van der Waals surface area contributed by atoms with Gasteiger partial charge in [0.2, 0.25) is 17.5 Å². The van der Waals surface area contributed by atoms with E-state index in [4.69, 9.17) is 28.4 Å². The summed E-state index contributed by atoms with van der Waals surface area (Å²) in [6.07, 6.45) is -10.4. The molecule has 4 fully saturated rings. The molecule has 352 valence electrons. The first-order valence-electron chi connectivity index (χ1n) is 21.7. The molecule has 0 radical (unpaired) electrons. The van der Waals surface area contributed by atoms with Gasteiger partial charge in [-0.1, -0.05) is 45.4 Å². The summed E-state index contributed by atoms with van der Waals surface area (Å²) in [5.41, 5.74) is -0.552. The van der Waals surface area contributed by atoms with Crippen molar-refractivity contribution in [3.05, 3.63) is 0 Å². The first kappa shape index (κ1) is 51.5. The summed E-state index contributed by atoms with van der Waals surface area (Å²) in [4.78, 5) is 51.8. The molecule has 0 spiro atoms. The molecule has 3 amide bonds. The zero-order chi connectivity index (χ0) is 45.2. The first-order chi connectivity index (χ1) is 28.7. The fourth-order valence-corrected chi connectivity index (χ4v) is 9.64. The number of nitrogens with one attached hydrogen (secondary N) is 3. The first-order valence-corrected chi connectivity index (χ1v) is 23.7. The SMILES string of the molecule is CC[C@@H]1CC(C(=O)NCCNC(=O)P(C)COC(C)(C)C)CC(O[C@@H]2O[C@@H](CO)C(O)C(O[C@@H](CC3CCCCC3)C(=O)O)C2NC(C)=O)C1OC1OC(C)C(O)C(O)C1O. The minimum Gasteiger partial charge on any atom is -0.479 e. The Labute approximate surface area is 360 Å².